The minimum absolute atomic E-state index is 0.00338. The van der Waals surface area contributed by atoms with E-state index in [0.29, 0.717) is 5.92 Å². The van der Waals surface area contributed by atoms with Gasteiger partial charge in [-0.15, -0.1) is 0 Å². The van der Waals surface area contributed by atoms with Crippen LogP contribution in [0.4, 0.5) is 0 Å². The standard InChI is InChI=1S/C45H50.C42H38.2C2H6/c1-9-37-41-27-32(5)30(3)25-36(41)20-11-10-18-34(7)45(43-23-14-12-21-38(43)39-22-13-15-24-44(39)45)35(8)19-16-17-29(2)40-26-31(4)33(6)28-42(37)40;1-27-15-11-17-29(3)39-30(4)18-12-16-28(2)34-26-14-20-32(6)41(34)42(40-31(5)19-13-25-33(27)40)38-24-10-8-22-36(38)35-21-7-9-23-37(35)39;2*1-2/h10-12,14-19,21,23-28,35,37H,9,13,20,22H2,1-8H3;7-26,39,42H,1,4H2,2-3,5-6H3;2*1-2H3/b11-10-,19-16-,29-17+,34-18+;15-11-,18-12-,28-16+,29-17+;;. The third-order valence-corrected chi connectivity index (χ3v) is 20.1. The molecular formula is C91H100. The summed E-state index contributed by atoms with van der Waals surface area (Å²) in [5.41, 5.74) is 37.0. The highest BCUT2D eigenvalue weighted by Gasteiger charge is 2.48. The highest BCUT2D eigenvalue weighted by atomic mass is 14.5. The predicted molar refractivity (Wildman–Crippen MR) is 400 cm³/mol. The van der Waals surface area contributed by atoms with Gasteiger partial charge in [0.1, 0.15) is 0 Å². The van der Waals surface area contributed by atoms with Crippen LogP contribution in [0.2, 0.25) is 0 Å². The van der Waals surface area contributed by atoms with Gasteiger partial charge in [0.15, 0.2) is 0 Å². The van der Waals surface area contributed by atoms with E-state index in [4.69, 9.17) is 0 Å². The maximum absolute atomic E-state index is 4.62. The fourth-order valence-electron chi connectivity index (χ4n) is 15.4. The van der Waals surface area contributed by atoms with Crippen LogP contribution in [0, 0.1) is 47.5 Å². The van der Waals surface area contributed by atoms with Crippen molar-refractivity contribution in [1.82, 2.24) is 0 Å². The lowest BCUT2D eigenvalue weighted by molar-refractivity contribution is 0.477. The first-order valence-corrected chi connectivity index (χ1v) is 33.9. The van der Waals surface area contributed by atoms with Gasteiger partial charge in [0, 0.05) is 23.2 Å². The highest BCUT2D eigenvalue weighted by Crippen LogP contribution is 2.58. The second kappa shape index (κ2) is 29.6. The Morgan fingerprint density at radius 2 is 1.01 bits per heavy atom. The van der Waals surface area contributed by atoms with Gasteiger partial charge in [-0.3, -0.25) is 0 Å². The summed E-state index contributed by atoms with van der Waals surface area (Å²) in [7, 11) is 0. The molecule has 12 rings (SSSR count). The fourth-order valence-corrected chi connectivity index (χ4v) is 15.4. The summed E-state index contributed by atoms with van der Waals surface area (Å²) in [6.07, 6.45) is 36.5. The van der Waals surface area contributed by atoms with E-state index in [0.717, 1.165) is 36.8 Å². The third kappa shape index (κ3) is 13.0. The van der Waals surface area contributed by atoms with E-state index < -0.39 is 0 Å². The quantitative estimate of drug-likeness (QED) is 0.154. The monoisotopic (exact) mass is 1190 g/mol. The average Bonchev–Trinajstić information content (AvgIpc) is 1.58. The average molecular weight is 1190 g/mol. The summed E-state index contributed by atoms with van der Waals surface area (Å²) in [5.74, 6) is 0.659. The van der Waals surface area contributed by atoms with E-state index >= 15 is 0 Å². The molecule has 5 atom stereocenters. The van der Waals surface area contributed by atoms with Gasteiger partial charge in [-0.1, -0.05) is 284 Å². The zero-order chi connectivity index (χ0) is 65.3. The van der Waals surface area contributed by atoms with Gasteiger partial charge in [0.05, 0.1) is 0 Å². The molecule has 0 radical (unpaired) electrons. The first-order valence-electron chi connectivity index (χ1n) is 33.9. The third-order valence-electron chi connectivity index (χ3n) is 20.1. The smallest absolute Gasteiger partial charge is 0.0480 e. The molecule has 7 aromatic carbocycles. The van der Waals surface area contributed by atoms with E-state index in [-0.39, 0.29) is 23.2 Å². The second-order valence-electron chi connectivity index (χ2n) is 25.5. The molecule has 7 aromatic rings. The van der Waals surface area contributed by atoms with Crippen LogP contribution < -0.4 is 0 Å². The summed E-state index contributed by atoms with van der Waals surface area (Å²) < 4.78 is 0. The second-order valence-corrected chi connectivity index (χ2v) is 25.5. The molecule has 0 saturated heterocycles. The molecule has 0 nitrogen and oxygen atoms in total. The van der Waals surface area contributed by atoms with Gasteiger partial charge in [-0.2, -0.15) is 0 Å². The molecule has 5 unspecified atom stereocenters. The Morgan fingerprint density at radius 3 is 1.69 bits per heavy atom. The van der Waals surface area contributed by atoms with E-state index in [1.807, 2.05) is 27.7 Å². The van der Waals surface area contributed by atoms with Crippen LogP contribution in [0.25, 0.3) is 33.4 Å². The van der Waals surface area contributed by atoms with Crippen molar-refractivity contribution in [3.63, 3.8) is 0 Å². The van der Waals surface area contributed by atoms with Crippen molar-refractivity contribution in [1.29, 1.82) is 0 Å². The largest absolute Gasteiger partial charge is 0.0949 e. The number of hydrogen-bond donors (Lipinski definition) is 0. The topological polar surface area (TPSA) is 0 Å². The molecule has 0 aromatic heterocycles. The maximum Gasteiger partial charge on any atom is 0.0480 e. The van der Waals surface area contributed by atoms with E-state index in [9.17, 15) is 0 Å². The molecule has 0 N–H and O–H groups in total. The van der Waals surface area contributed by atoms with Crippen LogP contribution in [0.5, 0.6) is 0 Å². The lowest BCUT2D eigenvalue weighted by Gasteiger charge is -2.39. The van der Waals surface area contributed by atoms with Gasteiger partial charge in [-0.25, -0.2) is 0 Å². The number of fused-ring (bicyclic) bond motifs is 10. The number of aryl methyl sites for hydroxylation is 6. The molecule has 464 valence electrons. The van der Waals surface area contributed by atoms with Crippen LogP contribution in [0.15, 0.2) is 254 Å². The minimum atomic E-state index is -0.187. The Morgan fingerprint density at radius 1 is 0.462 bits per heavy atom. The molecule has 0 heterocycles. The first kappa shape index (κ1) is 66.8. The van der Waals surface area contributed by atoms with Gasteiger partial charge in [-0.05, 0) is 246 Å². The van der Waals surface area contributed by atoms with Crippen LogP contribution in [0.1, 0.15) is 206 Å². The Labute approximate surface area is 549 Å². The van der Waals surface area contributed by atoms with Crippen molar-refractivity contribution in [3.05, 3.63) is 354 Å². The Hall–Kier alpha value is -8.58. The summed E-state index contributed by atoms with van der Waals surface area (Å²) in [5, 5.41) is 0. The van der Waals surface area contributed by atoms with E-state index in [2.05, 4.69) is 315 Å². The lowest BCUT2D eigenvalue weighted by atomic mass is 9.63. The van der Waals surface area contributed by atoms with Gasteiger partial charge >= 0.3 is 0 Å². The van der Waals surface area contributed by atoms with Crippen molar-refractivity contribution >= 4 is 22.3 Å². The zero-order valence-electron chi connectivity index (χ0n) is 57.8. The molecule has 1 spiro atoms. The molecule has 91 heavy (non-hydrogen) atoms. The van der Waals surface area contributed by atoms with Crippen LogP contribution >= 0.6 is 0 Å². The molecular weight excluding hydrogens is 1090 g/mol. The summed E-state index contributed by atoms with van der Waals surface area (Å²) >= 11 is 0. The molecule has 5 aliphatic rings. The number of benzene rings is 7. The minimum Gasteiger partial charge on any atom is -0.0949 e. The molecule has 5 aliphatic carbocycles. The molecule has 0 fully saturated rings. The van der Waals surface area contributed by atoms with Gasteiger partial charge in [0.2, 0.25) is 0 Å². The summed E-state index contributed by atoms with van der Waals surface area (Å²) in [6, 6.07) is 50.3. The summed E-state index contributed by atoms with van der Waals surface area (Å²) in [6.45, 7) is 44.7. The predicted octanol–water partition coefficient (Wildman–Crippen LogP) is 25.5. The Kier molecular flexibility index (Phi) is 21.7. The van der Waals surface area contributed by atoms with E-state index in [1.54, 1.807) is 0 Å². The first-order chi connectivity index (χ1) is 44.0. The summed E-state index contributed by atoms with van der Waals surface area (Å²) in [4.78, 5) is 0. The van der Waals surface area contributed by atoms with E-state index in [1.165, 1.54) is 145 Å². The molecule has 0 saturated carbocycles. The van der Waals surface area contributed by atoms with Crippen molar-refractivity contribution in [2.24, 2.45) is 5.92 Å². The zero-order valence-corrected chi connectivity index (χ0v) is 57.8. The van der Waals surface area contributed by atoms with Crippen LogP contribution in [-0.2, 0) is 11.8 Å². The number of rotatable bonds is 1. The Balaban J connectivity index is 0.000000205. The molecule has 2 bridgehead atoms. The van der Waals surface area contributed by atoms with Gasteiger partial charge < -0.3 is 0 Å². The van der Waals surface area contributed by atoms with Gasteiger partial charge in [0.25, 0.3) is 0 Å². The number of allylic oxidation sites excluding steroid dienone is 22. The molecule has 0 aliphatic heterocycles. The van der Waals surface area contributed by atoms with Crippen molar-refractivity contribution in [2.75, 3.05) is 0 Å². The van der Waals surface area contributed by atoms with Crippen molar-refractivity contribution in [2.45, 2.75) is 160 Å². The molecule has 0 heteroatoms. The highest BCUT2D eigenvalue weighted by molar-refractivity contribution is 5.87. The Bertz CT molecular complexity index is 4220. The fraction of sp³-hybridized carbons (Fsp3) is 0.275. The number of hydrogen-bond acceptors (Lipinski definition) is 0. The van der Waals surface area contributed by atoms with Crippen molar-refractivity contribution in [3.8, 4) is 11.1 Å². The van der Waals surface area contributed by atoms with Crippen LogP contribution in [-0.4, -0.2) is 0 Å². The normalized spacial score (nSPS) is 23.6. The maximum atomic E-state index is 4.62. The molecule has 0 amide bonds. The SMILES string of the molecule is C=C1/C=C\C=C(/C)C2C(=C)/C=C\C=C(/C)c3cccc(C)c3C(c3ccccc3-c3ccccc32)c2c(C)cccc21.CC.CC.CCC1c2cc(C)c(C)cc2C/C=C\C=C(/C)C2(C3=C(CCC=C3)c3ccccc32)C(C)/C=C\C=C(/C)c2cc(C)c(C)cc21. The van der Waals surface area contributed by atoms with Crippen LogP contribution in [0.3, 0.4) is 0 Å². The lowest BCUT2D eigenvalue weighted by Crippen LogP contribution is -2.34. The van der Waals surface area contributed by atoms with Crippen molar-refractivity contribution < 1.29 is 0 Å².